The molecule has 2 heterocycles. The van der Waals surface area contributed by atoms with Gasteiger partial charge in [-0.15, -0.1) is 0 Å². The van der Waals surface area contributed by atoms with E-state index in [1.165, 1.54) is 25.2 Å². The van der Waals surface area contributed by atoms with E-state index in [1.807, 2.05) is 32.0 Å². The van der Waals surface area contributed by atoms with Gasteiger partial charge in [-0.25, -0.2) is 0 Å². The van der Waals surface area contributed by atoms with Gasteiger partial charge in [-0.1, -0.05) is 35.9 Å². The molecule has 1 N–H and O–H groups in total. The van der Waals surface area contributed by atoms with E-state index in [2.05, 4.69) is 0 Å². The Morgan fingerprint density at radius 2 is 1.65 bits per heavy atom. The highest BCUT2D eigenvalue weighted by atomic mass is 35.5. The number of rotatable bonds is 6. The van der Waals surface area contributed by atoms with E-state index in [1.54, 1.807) is 36.4 Å². The second-order valence-corrected chi connectivity index (χ2v) is 9.33. The van der Waals surface area contributed by atoms with Gasteiger partial charge in [-0.2, -0.15) is 0 Å². The predicted octanol–water partition coefficient (Wildman–Crippen LogP) is 6.50. The molecule has 7 nitrogen and oxygen atoms in total. The fourth-order valence-corrected chi connectivity index (χ4v) is 5.08. The van der Waals surface area contributed by atoms with Crippen LogP contribution in [0, 0.1) is 13.8 Å². The average molecular weight is 518 g/mol. The molecule has 1 aliphatic heterocycles. The van der Waals surface area contributed by atoms with Crippen LogP contribution < -0.4 is 14.4 Å². The van der Waals surface area contributed by atoms with Crippen molar-refractivity contribution in [3.63, 3.8) is 0 Å². The highest BCUT2D eigenvalue weighted by molar-refractivity contribution is 6.31. The number of aliphatic hydroxyl groups excluding tert-OH is 1. The number of hydrogen-bond acceptors (Lipinski definition) is 6. The summed E-state index contributed by atoms with van der Waals surface area (Å²) in [6.45, 7) is 3.84. The van der Waals surface area contributed by atoms with Crippen molar-refractivity contribution in [1.29, 1.82) is 0 Å². The summed E-state index contributed by atoms with van der Waals surface area (Å²) in [6.07, 6.45) is 0. The molecule has 1 amide bonds. The molecule has 0 spiro atoms. The predicted molar refractivity (Wildman–Crippen MR) is 141 cm³/mol. The summed E-state index contributed by atoms with van der Waals surface area (Å²) >= 11 is 6.19. The van der Waals surface area contributed by atoms with Crippen LogP contribution in [-0.4, -0.2) is 31.0 Å². The minimum Gasteiger partial charge on any atom is -0.503 e. The number of anilines is 1. The van der Waals surface area contributed by atoms with Gasteiger partial charge in [-0.3, -0.25) is 14.5 Å². The van der Waals surface area contributed by atoms with Gasteiger partial charge in [0.2, 0.25) is 5.78 Å². The second-order valence-electron chi connectivity index (χ2n) is 8.89. The fourth-order valence-electron chi connectivity index (χ4n) is 4.86. The standard InChI is InChI=1S/C29H24ClNO6/c1-15-9-16(2)11-19(10-15)31-25(20-7-5-6-8-21(20)35-3)24(27(33)29(31)34)26(32)22-13-17-12-18(30)14-23(36-4)28(17)37-22/h5-14,25,33H,1-4H3. The van der Waals surface area contributed by atoms with Crippen LogP contribution in [0.3, 0.4) is 0 Å². The van der Waals surface area contributed by atoms with Gasteiger partial charge in [0.05, 0.1) is 25.8 Å². The highest BCUT2D eigenvalue weighted by Crippen LogP contribution is 2.45. The first-order valence-electron chi connectivity index (χ1n) is 11.5. The highest BCUT2D eigenvalue weighted by Gasteiger charge is 2.46. The number of amides is 1. The van der Waals surface area contributed by atoms with Crippen LogP contribution in [0.25, 0.3) is 11.0 Å². The van der Waals surface area contributed by atoms with E-state index < -0.39 is 23.5 Å². The van der Waals surface area contributed by atoms with Gasteiger partial charge < -0.3 is 19.0 Å². The third-order valence-electron chi connectivity index (χ3n) is 6.36. The zero-order valence-electron chi connectivity index (χ0n) is 20.7. The number of carbonyl (C=O) groups excluding carboxylic acids is 2. The Morgan fingerprint density at radius 3 is 2.32 bits per heavy atom. The number of methoxy groups -OCH3 is 2. The van der Waals surface area contributed by atoms with Crippen LogP contribution in [0.15, 0.2) is 76.4 Å². The molecule has 1 atom stereocenters. The SMILES string of the molecule is COc1ccccc1C1C(C(=O)c2cc3cc(Cl)cc(OC)c3o2)=C(O)C(=O)N1c1cc(C)cc(C)c1. The quantitative estimate of drug-likeness (QED) is 0.293. The Labute approximate surface area is 218 Å². The van der Waals surface area contributed by atoms with Gasteiger partial charge in [0.15, 0.2) is 22.9 Å². The number of benzene rings is 3. The van der Waals surface area contributed by atoms with E-state index in [9.17, 15) is 14.7 Å². The van der Waals surface area contributed by atoms with E-state index in [4.69, 9.17) is 25.5 Å². The summed E-state index contributed by atoms with van der Waals surface area (Å²) in [5, 5.41) is 12.1. The van der Waals surface area contributed by atoms with Crippen molar-refractivity contribution in [3.05, 3.63) is 99.5 Å². The normalized spacial score (nSPS) is 15.5. The summed E-state index contributed by atoms with van der Waals surface area (Å²) in [4.78, 5) is 28.9. The zero-order valence-corrected chi connectivity index (χ0v) is 21.4. The number of para-hydroxylation sites is 1. The van der Waals surface area contributed by atoms with Crippen molar-refractivity contribution in [2.45, 2.75) is 19.9 Å². The monoisotopic (exact) mass is 517 g/mol. The molecule has 5 rings (SSSR count). The number of fused-ring (bicyclic) bond motifs is 1. The molecule has 0 fully saturated rings. The molecule has 37 heavy (non-hydrogen) atoms. The molecule has 0 radical (unpaired) electrons. The van der Waals surface area contributed by atoms with Gasteiger partial charge in [0, 0.05) is 27.7 Å². The van der Waals surface area contributed by atoms with Crippen LogP contribution in [-0.2, 0) is 4.79 Å². The first kappa shape index (κ1) is 24.5. The minimum atomic E-state index is -0.962. The minimum absolute atomic E-state index is 0.0629. The lowest BCUT2D eigenvalue weighted by atomic mass is 9.93. The fraction of sp³-hybridized carbons (Fsp3) is 0.172. The van der Waals surface area contributed by atoms with Crippen molar-refractivity contribution < 1.29 is 28.6 Å². The van der Waals surface area contributed by atoms with Gasteiger partial charge in [0.25, 0.3) is 5.91 Å². The van der Waals surface area contributed by atoms with Gasteiger partial charge in [-0.05, 0) is 55.3 Å². The number of carbonyl (C=O) groups is 2. The molecule has 0 bridgehead atoms. The Balaban J connectivity index is 1.71. The van der Waals surface area contributed by atoms with Crippen LogP contribution in [0.2, 0.25) is 5.02 Å². The molecule has 8 heteroatoms. The molecule has 3 aromatic carbocycles. The maximum atomic E-state index is 13.9. The number of nitrogens with zero attached hydrogens (tertiary/aromatic N) is 1. The molecular weight excluding hydrogens is 494 g/mol. The van der Waals surface area contributed by atoms with Gasteiger partial charge >= 0.3 is 0 Å². The number of ketones is 1. The summed E-state index contributed by atoms with van der Waals surface area (Å²) in [7, 11) is 2.98. The van der Waals surface area contributed by atoms with Gasteiger partial charge in [0.1, 0.15) is 5.75 Å². The smallest absolute Gasteiger partial charge is 0.294 e. The lowest BCUT2D eigenvalue weighted by Crippen LogP contribution is -2.31. The number of aryl methyl sites for hydroxylation is 2. The molecule has 0 saturated carbocycles. The summed E-state index contributed by atoms with van der Waals surface area (Å²) in [5.41, 5.74) is 3.18. The number of aliphatic hydroxyl groups is 1. The van der Waals surface area contributed by atoms with E-state index in [-0.39, 0.29) is 11.3 Å². The zero-order chi connectivity index (χ0) is 26.4. The van der Waals surface area contributed by atoms with Crippen molar-refractivity contribution in [1.82, 2.24) is 0 Å². The van der Waals surface area contributed by atoms with Crippen molar-refractivity contribution in [3.8, 4) is 11.5 Å². The first-order valence-corrected chi connectivity index (χ1v) is 11.9. The molecular formula is C29H24ClNO6. The molecule has 4 aromatic rings. The van der Waals surface area contributed by atoms with Crippen molar-refractivity contribution in [2.24, 2.45) is 0 Å². The third kappa shape index (κ3) is 4.11. The van der Waals surface area contributed by atoms with E-state index in [0.29, 0.717) is 38.7 Å². The largest absolute Gasteiger partial charge is 0.503 e. The first-order chi connectivity index (χ1) is 17.7. The number of Topliss-reactive ketones (excluding diaryl/α,β-unsaturated/α-hetero) is 1. The Hall–Kier alpha value is -4.23. The van der Waals surface area contributed by atoms with E-state index >= 15 is 0 Å². The maximum absolute atomic E-state index is 13.9. The number of ether oxygens (including phenoxy) is 2. The van der Waals surface area contributed by atoms with Crippen molar-refractivity contribution in [2.75, 3.05) is 19.1 Å². The Kier molecular flexibility index (Phi) is 6.17. The molecule has 0 saturated heterocycles. The maximum Gasteiger partial charge on any atom is 0.294 e. The summed E-state index contributed by atoms with van der Waals surface area (Å²) in [6, 6.07) is 16.5. The average Bonchev–Trinajstić information content (AvgIpc) is 3.41. The number of halogens is 1. The lowest BCUT2D eigenvalue weighted by molar-refractivity contribution is -0.117. The molecule has 1 aromatic heterocycles. The molecule has 0 aliphatic carbocycles. The van der Waals surface area contributed by atoms with Crippen LogP contribution in [0.1, 0.15) is 33.3 Å². The Morgan fingerprint density at radius 1 is 0.973 bits per heavy atom. The number of hydrogen-bond donors (Lipinski definition) is 1. The molecule has 188 valence electrons. The van der Waals surface area contributed by atoms with Crippen molar-refractivity contribution >= 4 is 39.9 Å². The molecule has 1 unspecified atom stereocenters. The third-order valence-corrected chi connectivity index (χ3v) is 6.58. The lowest BCUT2D eigenvalue weighted by Gasteiger charge is -2.28. The topological polar surface area (TPSA) is 89.2 Å². The second kappa shape index (κ2) is 9.33. The molecule has 1 aliphatic rings. The van der Waals surface area contributed by atoms with E-state index in [0.717, 1.165) is 11.1 Å². The Bertz CT molecular complexity index is 1580. The van der Waals surface area contributed by atoms with Crippen LogP contribution in [0.4, 0.5) is 5.69 Å². The summed E-state index contributed by atoms with van der Waals surface area (Å²) < 4.78 is 16.8. The van der Waals surface area contributed by atoms with Crippen LogP contribution >= 0.6 is 11.6 Å². The van der Waals surface area contributed by atoms with Crippen LogP contribution in [0.5, 0.6) is 11.5 Å². The summed E-state index contributed by atoms with van der Waals surface area (Å²) in [5.74, 6) is -1.21. The number of furan rings is 1.